The first kappa shape index (κ1) is 21.2. The normalized spacial score (nSPS) is 16.0. The number of imide groups is 1. The highest BCUT2D eigenvalue weighted by Gasteiger charge is 2.43. The molecule has 2 aliphatic heterocycles. The smallest absolute Gasteiger partial charge is 0.282 e. The Morgan fingerprint density at radius 3 is 2.33 bits per heavy atom. The van der Waals surface area contributed by atoms with Crippen LogP contribution in [0.1, 0.15) is 41.2 Å². The first-order valence-electron chi connectivity index (χ1n) is 11.6. The molecule has 0 atom stereocenters. The van der Waals surface area contributed by atoms with E-state index in [0.29, 0.717) is 23.5 Å². The molecule has 0 spiro atoms. The molecule has 0 unspecified atom stereocenters. The fraction of sp³-hybridized carbons (Fsp3) is 0.241. The van der Waals surface area contributed by atoms with Crippen LogP contribution < -0.4 is 9.80 Å². The molecule has 2 heterocycles. The molecule has 0 fully saturated rings. The molecular weight excluding hydrogens is 408 g/mol. The van der Waals surface area contributed by atoms with Gasteiger partial charge in [0, 0.05) is 12.2 Å². The van der Waals surface area contributed by atoms with Crippen molar-refractivity contribution in [3.8, 4) is 0 Å². The van der Waals surface area contributed by atoms with Crippen molar-refractivity contribution in [3.05, 3.63) is 100 Å². The fourth-order valence-corrected chi connectivity index (χ4v) is 4.81. The van der Waals surface area contributed by atoms with Crippen LogP contribution in [0.15, 0.2) is 72.4 Å². The lowest BCUT2D eigenvalue weighted by atomic mass is 9.97. The molecule has 0 N–H and O–H groups in total. The van der Waals surface area contributed by atoms with Gasteiger partial charge in [0.15, 0.2) is 0 Å². The van der Waals surface area contributed by atoms with E-state index in [1.54, 1.807) is 0 Å². The second-order valence-electron chi connectivity index (χ2n) is 8.87. The number of carbonyl (C=O) groups excluding carboxylic acids is 2. The topological polar surface area (TPSA) is 40.6 Å². The van der Waals surface area contributed by atoms with Gasteiger partial charge in [-0.05, 0) is 79.1 Å². The monoisotopic (exact) mass is 436 g/mol. The van der Waals surface area contributed by atoms with E-state index < -0.39 is 0 Å². The number of benzene rings is 3. The Hall–Kier alpha value is -3.66. The summed E-state index contributed by atoms with van der Waals surface area (Å²) < 4.78 is 0. The standard InChI is InChI=1S/C29H28N2O2/c1-4-21-12-15-24(16-13-21)31-28(32)26(23-14-11-19(2)20(3)18-23)27(29(31)33)30-17-7-9-22-8-5-6-10-25(22)30/h5-6,8,10-16,18H,4,7,9,17H2,1-3H3. The van der Waals surface area contributed by atoms with E-state index in [1.807, 2.05) is 61.5 Å². The van der Waals surface area contributed by atoms with Crippen molar-refractivity contribution in [2.75, 3.05) is 16.3 Å². The highest BCUT2D eigenvalue weighted by molar-refractivity contribution is 6.46. The van der Waals surface area contributed by atoms with Gasteiger partial charge in [-0.3, -0.25) is 9.59 Å². The van der Waals surface area contributed by atoms with E-state index >= 15 is 0 Å². The van der Waals surface area contributed by atoms with E-state index in [9.17, 15) is 9.59 Å². The minimum Gasteiger partial charge on any atom is -0.336 e. The van der Waals surface area contributed by atoms with Gasteiger partial charge in [-0.15, -0.1) is 0 Å². The number of anilines is 2. The lowest BCUT2D eigenvalue weighted by Crippen LogP contribution is -2.37. The molecule has 166 valence electrons. The third kappa shape index (κ3) is 3.56. The van der Waals surface area contributed by atoms with Crippen molar-refractivity contribution in [2.45, 2.75) is 40.0 Å². The average Bonchev–Trinajstić information content (AvgIpc) is 3.10. The molecule has 4 heteroatoms. The molecule has 0 aliphatic carbocycles. The van der Waals surface area contributed by atoms with Gasteiger partial charge >= 0.3 is 0 Å². The van der Waals surface area contributed by atoms with Gasteiger partial charge in [0.2, 0.25) is 0 Å². The van der Waals surface area contributed by atoms with Crippen molar-refractivity contribution in [1.29, 1.82) is 0 Å². The van der Waals surface area contributed by atoms with Crippen LogP contribution in [0.5, 0.6) is 0 Å². The van der Waals surface area contributed by atoms with Crippen molar-refractivity contribution in [2.24, 2.45) is 0 Å². The van der Waals surface area contributed by atoms with Gasteiger partial charge in [-0.1, -0.05) is 55.5 Å². The van der Waals surface area contributed by atoms with Gasteiger partial charge in [-0.2, -0.15) is 0 Å². The van der Waals surface area contributed by atoms with Crippen LogP contribution in [0.3, 0.4) is 0 Å². The van der Waals surface area contributed by atoms with Gasteiger partial charge in [0.05, 0.1) is 11.3 Å². The van der Waals surface area contributed by atoms with E-state index in [-0.39, 0.29) is 11.8 Å². The summed E-state index contributed by atoms with van der Waals surface area (Å²) >= 11 is 0. The van der Waals surface area contributed by atoms with Crippen LogP contribution in [0.25, 0.3) is 5.57 Å². The molecule has 5 rings (SSSR count). The molecule has 0 saturated heterocycles. The van der Waals surface area contributed by atoms with Crippen molar-refractivity contribution in [3.63, 3.8) is 0 Å². The molecule has 0 aromatic heterocycles. The minimum absolute atomic E-state index is 0.255. The molecule has 2 amide bonds. The van der Waals surface area contributed by atoms with Crippen molar-refractivity contribution in [1.82, 2.24) is 0 Å². The number of hydrogen-bond donors (Lipinski definition) is 0. The molecule has 33 heavy (non-hydrogen) atoms. The Bertz CT molecular complexity index is 1290. The first-order chi connectivity index (χ1) is 16.0. The zero-order valence-corrected chi connectivity index (χ0v) is 19.4. The van der Waals surface area contributed by atoms with Crippen LogP contribution in [-0.4, -0.2) is 18.4 Å². The van der Waals surface area contributed by atoms with Crippen LogP contribution in [0.2, 0.25) is 0 Å². The fourth-order valence-electron chi connectivity index (χ4n) is 4.81. The predicted octanol–water partition coefficient (Wildman–Crippen LogP) is 5.60. The Morgan fingerprint density at radius 1 is 0.848 bits per heavy atom. The maximum Gasteiger partial charge on any atom is 0.282 e. The zero-order chi connectivity index (χ0) is 23.1. The van der Waals surface area contributed by atoms with Crippen molar-refractivity contribution < 1.29 is 9.59 Å². The Kier molecular flexibility index (Phi) is 5.37. The molecule has 0 bridgehead atoms. The Balaban J connectivity index is 1.69. The average molecular weight is 437 g/mol. The predicted molar refractivity (Wildman–Crippen MR) is 133 cm³/mol. The minimum atomic E-state index is -0.259. The number of aryl methyl sites for hydroxylation is 4. The SMILES string of the molecule is CCc1ccc(N2C(=O)C(c3ccc(C)c(C)c3)=C(N3CCCc4ccccc43)C2=O)cc1. The maximum atomic E-state index is 13.9. The molecule has 3 aromatic carbocycles. The summed E-state index contributed by atoms with van der Waals surface area (Å²) in [6.45, 7) is 6.89. The van der Waals surface area contributed by atoms with Gasteiger partial charge in [0.1, 0.15) is 5.70 Å². The van der Waals surface area contributed by atoms with Crippen LogP contribution in [0, 0.1) is 13.8 Å². The van der Waals surface area contributed by atoms with E-state index in [0.717, 1.165) is 41.6 Å². The van der Waals surface area contributed by atoms with E-state index in [1.165, 1.54) is 16.0 Å². The second-order valence-corrected chi connectivity index (χ2v) is 8.87. The number of rotatable bonds is 4. The van der Waals surface area contributed by atoms with Crippen LogP contribution in [-0.2, 0) is 22.4 Å². The second kappa shape index (κ2) is 8.36. The van der Waals surface area contributed by atoms with Gasteiger partial charge in [-0.25, -0.2) is 4.90 Å². The highest BCUT2D eigenvalue weighted by atomic mass is 16.2. The summed E-state index contributed by atoms with van der Waals surface area (Å²) in [7, 11) is 0. The quantitative estimate of drug-likeness (QED) is 0.500. The lowest BCUT2D eigenvalue weighted by Gasteiger charge is -2.32. The third-order valence-electron chi connectivity index (χ3n) is 6.84. The van der Waals surface area contributed by atoms with Crippen LogP contribution >= 0.6 is 0 Å². The summed E-state index contributed by atoms with van der Waals surface area (Å²) in [5.74, 6) is -0.514. The molecule has 0 saturated carbocycles. The third-order valence-corrected chi connectivity index (χ3v) is 6.84. The first-order valence-corrected chi connectivity index (χ1v) is 11.6. The summed E-state index contributed by atoms with van der Waals surface area (Å²) in [6, 6.07) is 21.9. The summed E-state index contributed by atoms with van der Waals surface area (Å²) in [5, 5.41) is 0. The molecule has 0 radical (unpaired) electrons. The number of nitrogens with zero attached hydrogens (tertiary/aromatic N) is 2. The number of hydrogen-bond acceptors (Lipinski definition) is 3. The molecule has 3 aromatic rings. The molecule has 4 nitrogen and oxygen atoms in total. The summed E-state index contributed by atoms with van der Waals surface area (Å²) in [5.41, 5.74) is 8.04. The number of fused-ring (bicyclic) bond motifs is 1. The van der Waals surface area contributed by atoms with Gasteiger partial charge in [0.25, 0.3) is 11.8 Å². The highest BCUT2D eigenvalue weighted by Crippen LogP contribution is 2.39. The molecular formula is C29H28N2O2. The summed E-state index contributed by atoms with van der Waals surface area (Å²) in [6.07, 6.45) is 2.82. The summed E-state index contributed by atoms with van der Waals surface area (Å²) in [4.78, 5) is 31.2. The Morgan fingerprint density at radius 2 is 1.61 bits per heavy atom. The zero-order valence-electron chi connectivity index (χ0n) is 19.4. The van der Waals surface area contributed by atoms with Crippen LogP contribution in [0.4, 0.5) is 11.4 Å². The van der Waals surface area contributed by atoms with Gasteiger partial charge < -0.3 is 4.90 Å². The lowest BCUT2D eigenvalue weighted by molar-refractivity contribution is -0.120. The number of carbonyl (C=O) groups is 2. The van der Waals surface area contributed by atoms with Crippen molar-refractivity contribution >= 4 is 28.8 Å². The van der Waals surface area contributed by atoms with E-state index in [4.69, 9.17) is 0 Å². The Labute approximate surface area is 195 Å². The molecule has 2 aliphatic rings. The number of para-hydroxylation sites is 1. The maximum absolute atomic E-state index is 13.9. The largest absolute Gasteiger partial charge is 0.336 e. The number of amides is 2. The van der Waals surface area contributed by atoms with E-state index in [2.05, 4.69) is 30.9 Å².